The third-order valence-corrected chi connectivity index (χ3v) is 6.44. The highest BCUT2D eigenvalue weighted by Crippen LogP contribution is 2.37. The number of fused-ring (bicyclic) bond motifs is 1. The van der Waals surface area contributed by atoms with Gasteiger partial charge in [0.1, 0.15) is 0 Å². The molecule has 1 aliphatic carbocycles. The van der Waals surface area contributed by atoms with E-state index in [0.717, 1.165) is 24.7 Å². The molecule has 1 saturated carbocycles. The average molecular weight is 323 g/mol. The van der Waals surface area contributed by atoms with Crippen LogP contribution >= 0.6 is 22.9 Å². The second kappa shape index (κ2) is 6.66. The molecule has 2 atom stereocenters. The molecule has 0 aliphatic heterocycles. The summed E-state index contributed by atoms with van der Waals surface area (Å²) < 4.78 is 1.29. The van der Waals surface area contributed by atoms with Crippen LogP contribution in [0.5, 0.6) is 0 Å². The van der Waals surface area contributed by atoms with Crippen LogP contribution in [0.25, 0.3) is 10.1 Å². The van der Waals surface area contributed by atoms with Gasteiger partial charge in [-0.3, -0.25) is 4.90 Å². The molecule has 2 unspecified atom stereocenters. The van der Waals surface area contributed by atoms with Crippen LogP contribution in [0, 0.1) is 5.92 Å². The van der Waals surface area contributed by atoms with Crippen LogP contribution in [0.2, 0.25) is 5.02 Å². The first-order valence-corrected chi connectivity index (χ1v) is 9.04. The van der Waals surface area contributed by atoms with Gasteiger partial charge in [-0.15, -0.1) is 11.3 Å². The van der Waals surface area contributed by atoms with Crippen molar-refractivity contribution < 1.29 is 0 Å². The molecule has 4 heteroatoms. The van der Waals surface area contributed by atoms with Gasteiger partial charge in [-0.25, -0.2) is 0 Å². The normalized spacial score (nSPS) is 22.5. The maximum absolute atomic E-state index is 6.59. The molecule has 1 fully saturated rings. The third kappa shape index (κ3) is 2.98. The van der Waals surface area contributed by atoms with Crippen LogP contribution < -0.4 is 5.73 Å². The number of nitrogens with two attached hydrogens (primary N) is 1. The number of rotatable bonds is 5. The maximum atomic E-state index is 6.59. The van der Waals surface area contributed by atoms with Gasteiger partial charge in [-0.05, 0) is 37.9 Å². The van der Waals surface area contributed by atoms with Crippen molar-refractivity contribution in [3.63, 3.8) is 0 Å². The summed E-state index contributed by atoms with van der Waals surface area (Å²) in [5, 5.41) is 2.13. The number of benzene rings is 1. The maximum Gasteiger partial charge on any atom is 0.0637 e. The van der Waals surface area contributed by atoms with E-state index in [1.54, 1.807) is 0 Å². The second-order valence-electron chi connectivity index (χ2n) is 5.89. The van der Waals surface area contributed by atoms with Gasteiger partial charge in [-0.1, -0.05) is 43.1 Å². The number of halogens is 1. The van der Waals surface area contributed by atoms with Crippen molar-refractivity contribution >= 4 is 33.0 Å². The van der Waals surface area contributed by atoms with Crippen molar-refractivity contribution in [2.75, 3.05) is 13.1 Å². The summed E-state index contributed by atoms with van der Waals surface area (Å²) in [5.74, 6) is 0.651. The third-order valence-electron chi connectivity index (χ3n) is 4.75. The molecule has 0 radical (unpaired) electrons. The lowest BCUT2D eigenvalue weighted by molar-refractivity contribution is 0.163. The summed E-state index contributed by atoms with van der Waals surface area (Å²) in [6.07, 6.45) is 3.86. The monoisotopic (exact) mass is 322 g/mol. The van der Waals surface area contributed by atoms with Gasteiger partial charge < -0.3 is 5.73 Å². The highest BCUT2D eigenvalue weighted by Gasteiger charge is 2.31. The Morgan fingerprint density at radius 1 is 1.33 bits per heavy atom. The Morgan fingerprint density at radius 2 is 2.14 bits per heavy atom. The summed E-state index contributed by atoms with van der Waals surface area (Å²) in [5.41, 5.74) is 5.95. The fraction of sp³-hybridized carbons (Fsp3) is 0.529. The molecule has 0 amide bonds. The number of hydrogen-bond donors (Lipinski definition) is 1. The predicted octanol–water partition coefficient (Wildman–Crippen LogP) is 4.50. The van der Waals surface area contributed by atoms with Gasteiger partial charge in [0.15, 0.2) is 0 Å². The molecule has 114 valence electrons. The Labute approximate surface area is 135 Å². The predicted molar refractivity (Wildman–Crippen MR) is 93.1 cm³/mol. The van der Waals surface area contributed by atoms with Crippen LogP contribution in [-0.4, -0.2) is 24.0 Å². The minimum atomic E-state index is 0.626. The number of nitrogens with zero attached hydrogens (tertiary/aromatic N) is 1. The van der Waals surface area contributed by atoms with E-state index in [-0.39, 0.29) is 0 Å². The largest absolute Gasteiger partial charge is 0.330 e. The van der Waals surface area contributed by atoms with E-state index in [1.165, 1.54) is 34.2 Å². The molecule has 2 aromatic rings. The van der Waals surface area contributed by atoms with E-state index in [1.807, 2.05) is 11.3 Å². The van der Waals surface area contributed by atoms with Crippen LogP contribution in [0.4, 0.5) is 0 Å². The zero-order valence-corrected chi connectivity index (χ0v) is 14.1. The Bertz CT molecular complexity index is 610. The van der Waals surface area contributed by atoms with Crippen molar-refractivity contribution in [2.45, 2.75) is 38.8 Å². The number of thiophene rings is 1. The van der Waals surface area contributed by atoms with Crippen LogP contribution in [0.15, 0.2) is 24.3 Å². The fourth-order valence-electron chi connectivity index (χ4n) is 3.59. The van der Waals surface area contributed by atoms with Crippen molar-refractivity contribution in [1.82, 2.24) is 4.90 Å². The molecule has 21 heavy (non-hydrogen) atoms. The lowest BCUT2D eigenvalue weighted by Gasteiger charge is -2.31. The van der Waals surface area contributed by atoms with Crippen molar-refractivity contribution in [2.24, 2.45) is 11.7 Å². The summed E-state index contributed by atoms with van der Waals surface area (Å²) in [6, 6.07) is 9.04. The molecule has 1 aromatic carbocycles. The fourth-order valence-corrected chi connectivity index (χ4v) is 5.11. The first-order chi connectivity index (χ1) is 10.2. The van der Waals surface area contributed by atoms with E-state index in [2.05, 4.69) is 36.1 Å². The summed E-state index contributed by atoms with van der Waals surface area (Å²) in [4.78, 5) is 3.86. The van der Waals surface area contributed by atoms with E-state index >= 15 is 0 Å². The molecular weight excluding hydrogens is 300 g/mol. The SMILES string of the molecule is CCN(Cc1sc2ccccc2c1Cl)C1CCCC1CN. The minimum absolute atomic E-state index is 0.626. The van der Waals surface area contributed by atoms with Crippen LogP contribution in [-0.2, 0) is 6.54 Å². The molecule has 0 bridgehead atoms. The van der Waals surface area contributed by atoms with Gasteiger partial charge in [-0.2, -0.15) is 0 Å². The van der Waals surface area contributed by atoms with Gasteiger partial charge in [0, 0.05) is 27.5 Å². The molecule has 1 heterocycles. The lowest BCUT2D eigenvalue weighted by Crippen LogP contribution is -2.39. The Kier molecular flexibility index (Phi) is 4.85. The van der Waals surface area contributed by atoms with E-state index in [4.69, 9.17) is 17.3 Å². The molecule has 2 N–H and O–H groups in total. The minimum Gasteiger partial charge on any atom is -0.330 e. The van der Waals surface area contributed by atoms with Crippen molar-refractivity contribution in [3.8, 4) is 0 Å². The van der Waals surface area contributed by atoms with E-state index < -0.39 is 0 Å². The number of hydrogen-bond acceptors (Lipinski definition) is 3. The Morgan fingerprint density at radius 3 is 2.86 bits per heavy atom. The standard InChI is InChI=1S/C17H23ClN2S/c1-2-20(14-8-5-6-12(14)10-19)11-16-17(18)13-7-3-4-9-15(13)21-16/h3-4,7,9,12,14H,2,5-6,8,10-11,19H2,1H3. The van der Waals surface area contributed by atoms with Gasteiger partial charge in [0.25, 0.3) is 0 Å². The van der Waals surface area contributed by atoms with Crippen molar-refractivity contribution in [3.05, 3.63) is 34.2 Å². The summed E-state index contributed by atoms with van der Waals surface area (Å²) in [6.45, 7) is 5.07. The van der Waals surface area contributed by atoms with Crippen molar-refractivity contribution in [1.29, 1.82) is 0 Å². The molecule has 3 rings (SSSR count). The van der Waals surface area contributed by atoms with E-state index in [9.17, 15) is 0 Å². The zero-order valence-electron chi connectivity index (χ0n) is 12.5. The summed E-state index contributed by atoms with van der Waals surface area (Å²) in [7, 11) is 0. The van der Waals surface area contributed by atoms with Crippen LogP contribution in [0.1, 0.15) is 31.1 Å². The van der Waals surface area contributed by atoms with Gasteiger partial charge >= 0.3 is 0 Å². The highest BCUT2D eigenvalue weighted by molar-refractivity contribution is 7.19. The first-order valence-electron chi connectivity index (χ1n) is 7.84. The molecule has 1 aliphatic rings. The highest BCUT2D eigenvalue weighted by atomic mass is 35.5. The van der Waals surface area contributed by atoms with Gasteiger partial charge in [0.05, 0.1) is 5.02 Å². The topological polar surface area (TPSA) is 29.3 Å². The smallest absolute Gasteiger partial charge is 0.0637 e. The van der Waals surface area contributed by atoms with Gasteiger partial charge in [0.2, 0.25) is 0 Å². The molecular formula is C17H23ClN2S. The lowest BCUT2D eigenvalue weighted by atomic mass is 10.0. The Hall–Kier alpha value is -0.610. The second-order valence-corrected chi connectivity index (χ2v) is 7.41. The van der Waals surface area contributed by atoms with E-state index in [0.29, 0.717) is 12.0 Å². The molecule has 0 saturated heterocycles. The average Bonchev–Trinajstić information content (AvgIpc) is 3.10. The van der Waals surface area contributed by atoms with Crippen LogP contribution in [0.3, 0.4) is 0 Å². The Balaban J connectivity index is 1.84. The zero-order chi connectivity index (χ0) is 14.8. The molecule has 2 nitrogen and oxygen atoms in total. The quantitative estimate of drug-likeness (QED) is 0.878. The first kappa shape index (κ1) is 15.3. The molecule has 1 aromatic heterocycles. The summed E-state index contributed by atoms with van der Waals surface area (Å²) >= 11 is 8.42. The molecule has 0 spiro atoms.